The highest BCUT2D eigenvalue weighted by Crippen LogP contribution is 2.22. The molecule has 1 rings (SSSR count). The molecule has 1 aromatic rings. The van der Waals surface area contributed by atoms with Crippen LogP contribution in [0, 0.1) is 0 Å². The molecule has 25 heavy (non-hydrogen) atoms. The van der Waals surface area contributed by atoms with Crippen molar-refractivity contribution in [2.24, 2.45) is 0 Å². The normalized spacial score (nSPS) is 11.8. The zero-order valence-electron chi connectivity index (χ0n) is 15.7. The van der Waals surface area contributed by atoms with Gasteiger partial charge in [0.25, 0.3) is 0 Å². The molecule has 0 aliphatic carbocycles. The molecule has 1 aromatic carbocycles. The summed E-state index contributed by atoms with van der Waals surface area (Å²) >= 11 is 0. The molecule has 0 aliphatic heterocycles. The second-order valence-electron chi connectivity index (χ2n) is 6.31. The molecule has 0 heterocycles. The minimum atomic E-state index is -0.362. The molecule has 0 radical (unpaired) electrons. The topological polar surface area (TPSA) is 52.6 Å². The van der Waals surface area contributed by atoms with E-state index in [1.165, 1.54) is 0 Å². The number of hydrogen-bond donors (Lipinski definition) is 0. The fourth-order valence-electron chi connectivity index (χ4n) is 2.57. The van der Waals surface area contributed by atoms with E-state index in [0.717, 1.165) is 44.1 Å². The number of ether oxygens (including phenoxy) is 2. The number of carbonyl (C=O) groups is 2. The summed E-state index contributed by atoms with van der Waals surface area (Å²) in [7, 11) is 0. The minimum absolute atomic E-state index is 0.172. The molecular weight excluding hydrogens is 316 g/mol. The first kappa shape index (κ1) is 21.2. The third kappa shape index (κ3) is 9.90. The molecule has 0 aliphatic rings. The van der Waals surface area contributed by atoms with Crippen LogP contribution in [-0.4, -0.2) is 18.5 Å². The lowest BCUT2D eigenvalue weighted by atomic mass is 10.1. The predicted octanol–water partition coefficient (Wildman–Crippen LogP) is 5.36. The molecule has 0 aromatic heterocycles. The van der Waals surface area contributed by atoms with Crippen LogP contribution in [0.25, 0.3) is 0 Å². The summed E-state index contributed by atoms with van der Waals surface area (Å²) in [4.78, 5) is 23.7. The van der Waals surface area contributed by atoms with Gasteiger partial charge in [-0.3, -0.25) is 9.59 Å². The molecule has 0 unspecified atom stereocenters. The average Bonchev–Trinajstić information content (AvgIpc) is 2.62. The van der Waals surface area contributed by atoms with Crippen molar-refractivity contribution < 1.29 is 19.1 Å². The van der Waals surface area contributed by atoms with Crippen LogP contribution in [0.5, 0.6) is 0 Å². The first-order valence-corrected chi connectivity index (χ1v) is 9.57. The van der Waals surface area contributed by atoms with Gasteiger partial charge >= 0.3 is 11.9 Å². The Labute approximate surface area is 151 Å². The van der Waals surface area contributed by atoms with Gasteiger partial charge in [0.05, 0.1) is 6.61 Å². The Balaban J connectivity index is 2.46. The highest BCUT2D eigenvalue weighted by molar-refractivity contribution is 5.70. The van der Waals surface area contributed by atoms with E-state index in [4.69, 9.17) is 9.47 Å². The molecule has 4 heteroatoms. The van der Waals surface area contributed by atoms with E-state index >= 15 is 0 Å². The zero-order valence-corrected chi connectivity index (χ0v) is 15.7. The van der Waals surface area contributed by atoms with E-state index in [1.54, 1.807) is 0 Å². The van der Waals surface area contributed by atoms with Crippen LogP contribution >= 0.6 is 0 Å². The quantitative estimate of drug-likeness (QED) is 0.355. The maximum Gasteiger partial charge on any atom is 0.306 e. The van der Waals surface area contributed by atoms with Gasteiger partial charge in [0.2, 0.25) is 0 Å². The van der Waals surface area contributed by atoms with Crippen molar-refractivity contribution in [1.29, 1.82) is 0 Å². The van der Waals surface area contributed by atoms with Crippen LogP contribution in [0.3, 0.4) is 0 Å². The Morgan fingerprint density at radius 2 is 1.48 bits per heavy atom. The molecule has 0 fully saturated rings. The van der Waals surface area contributed by atoms with Crippen molar-refractivity contribution in [2.45, 2.75) is 77.7 Å². The zero-order chi connectivity index (χ0) is 18.3. The van der Waals surface area contributed by atoms with E-state index in [0.29, 0.717) is 19.3 Å². The highest BCUT2D eigenvalue weighted by atomic mass is 16.6. The Hall–Kier alpha value is -1.84. The number of carbonyl (C=O) groups excluding carboxylic acids is 2. The van der Waals surface area contributed by atoms with Gasteiger partial charge in [0.15, 0.2) is 0 Å². The monoisotopic (exact) mass is 348 g/mol. The summed E-state index contributed by atoms with van der Waals surface area (Å²) in [6.45, 7) is 4.48. The van der Waals surface area contributed by atoms with E-state index in [-0.39, 0.29) is 24.6 Å². The number of rotatable bonds is 13. The lowest BCUT2D eigenvalue weighted by Gasteiger charge is -2.18. The first-order chi connectivity index (χ1) is 12.2. The fourth-order valence-corrected chi connectivity index (χ4v) is 2.57. The van der Waals surface area contributed by atoms with Crippen molar-refractivity contribution in [3.8, 4) is 0 Å². The molecule has 4 nitrogen and oxygen atoms in total. The van der Waals surface area contributed by atoms with Gasteiger partial charge in [-0.25, -0.2) is 0 Å². The summed E-state index contributed by atoms with van der Waals surface area (Å²) in [5.74, 6) is -0.355. The van der Waals surface area contributed by atoms with Gasteiger partial charge in [0, 0.05) is 19.3 Å². The summed E-state index contributed by atoms with van der Waals surface area (Å²) in [6.07, 6.45) is 6.96. The van der Waals surface area contributed by atoms with Gasteiger partial charge in [-0.2, -0.15) is 0 Å². The molecule has 1 atom stereocenters. The molecule has 0 spiro atoms. The molecule has 0 saturated carbocycles. The highest BCUT2D eigenvalue weighted by Gasteiger charge is 2.17. The molecule has 0 amide bonds. The van der Waals surface area contributed by atoms with Gasteiger partial charge < -0.3 is 9.47 Å². The van der Waals surface area contributed by atoms with Crippen LogP contribution in [-0.2, 0) is 19.1 Å². The average molecular weight is 348 g/mol. The third-order valence-electron chi connectivity index (χ3n) is 4.06. The third-order valence-corrected chi connectivity index (χ3v) is 4.06. The minimum Gasteiger partial charge on any atom is -0.466 e. The summed E-state index contributed by atoms with van der Waals surface area (Å²) in [6, 6.07) is 9.64. The molecule has 0 saturated heterocycles. The Morgan fingerprint density at radius 1 is 0.880 bits per heavy atom. The Bertz CT molecular complexity index is 484. The smallest absolute Gasteiger partial charge is 0.306 e. The van der Waals surface area contributed by atoms with Crippen LogP contribution in [0.1, 0.15) is 83.3 Å². The van der Waals surface area contributed by atoms with Gasteiger partial charge in [0.1, 0.15) is 6.10 Å². The second-order valence-corrected chi connectivity index (χ2v) is 6.31. The lowest BCUT2D eigenvalue weighted by Crippen LogP contribution is -2.15. The van der Waals surface area contributed by atoms with Crippen LogP contribution in [0.2, 0.25) is 0 Å². The van der Waals surface area contributed by atoms with Crippen molar-refractivity contribution in [3.05, 3.63) is 35.9 Å². The number of unbranched alkanes of at least 4 members (excludes halogenated alkanes) is 4. The molecule has 0 bridgehead atoms. The first-order valence-electron chi connectivity index (χ1n) is 9.57. The van der Waals surface area contributed by atoms with E-state index in [2.05, 4.69) is 13.8 Å². The van der Waals surface area contributed by atoms with Crippen LogP contribution in [0.15, 0.2) is 30.3 Å². The molecule has 0 N–H and O–H groups in total. The SMILES string of the molecule is CCCCCC(=O)OCC[C@@H](OC(=O)CCCCC)c1ccccc1. The number of benzene rings is 1. The summed E-state index contributed by atoms with van der Waals surface area (Å²) in [5, 5.41) is 0. The van der Waals surface area contributed by atoms with Crippen LogP contribution < -0.4 is 0 Å². The van der Waals surface area contributed by atoms with Crippen molar-refractivity contribution >= 4 is 11.9 Å². The summed E-state index contributed by atoms with van der Waals surface area (Å²) in [5.41, 5.74) is 0.938. The van der Waals surface area contributed by atoms with Crippen molar-refractivity contribution in [1.82, 2.24) is 0 Å². The summed E-state index contributed by atoms with van der Waals surface area (Å²) < 4.78 is 10.9. The van der Waals surface area contributed by atoms with Gasteiger partial charge in [-0.1, -0.05) is 69.9 Å². The number of hydrogen-bond acceptors (Lipinski definition) is 4. The Morgan fingerprint density at radius 3 is 2.08 bits per heavy atom. The maximum absolute atomic E-state index is 12.0. The lowest BCUT2D eigenvalue weighted by molar-refractivity contribution is -0.152. The van der Waals surface area contributed by atoms with E-state index < -0.39 is 0 Å². The number of esters is 2. The predicted molar refractivity (Wildman–Crippen MR) is 99.1 cm³/mol. The molecular formula is C21H32O4. The molecule has 140 valence electrons. The van der Waals surface area contributed by atoms with E-state index in [1.807, 2.05) is 30.3 Å². The Kier molecular flexibility index (Phi) is 11.4. The van der Waals surface area contributed by atoms with E-state index in [9.17, 15) is 9.59 Å². The van der Waals surface area contributed by atoms with Gasteiger partial charge in [-0.05, 0) is 18.4 Å². The van der Waals surface area contributed by atoms with Crippen LogP contribution in [0.4, 0.5) is 0 Å². The van der Waals surface area contributed by atoms with Crippen molar-refractivity contribution in [3.63, 3.8) is 0 Å². The van der Waals surface area contributed by atoms with Crippen molar-refractivity contribution in [2.75, 3.05) is 6.61 Å². The second kappa shape index (κ2) is 13.5. The largest absolute Gasteiger partial charge is 0.466 e. The van der Waals surface area contributed by atoms with Gasteiger partial charge in [-0.15, -0.1) is 0 Å². The maximum atomic E-state index is 12.0. The fraction of sp³-hybridized carbons (Fsp3) is 0.619. The standard InChI is InChI=1S/C21H32O4/c1-3-5-8-14-20(22)24-17-16-19(18-12-10-7-11-13-18)25-21(23)15-9-6-4-2/h7,10-13,19H,3-6,8-9,14-17H2,1-2H3/t19-/m1/s1.